The van der Waals surface area contributed by atoms with Gasteiger partial charge in [-0.2, -0.15) is 0 Å². The summed E-state index contributed by atoms with van der Waals surface area (Å²) in [5.41, 5.74) is 5.34. The molecule has 2 nitrogen and oxygen atoms in total. The van der Waals surface area contributed by atoms with Crippen LogP contribution < -0.4 is 0 Å². The van der Waals surface area contributed by atoms with Gasteiger partial charge in [-0.05, 0) is 67.9 Å². The summed E-state index contributed by atoms with van der Waals surface area (Å²) in [5, 5.41) is 2.87. The van der Waals surface area contributed by atoms with Crippen LogP contribution in [0.2, 0.25) is 10.0 Å². The fourth-order valence-electron chi connectivity index (χ4n) is 4.63. The molecule has 2 bridgehead atoms. The van der Waals surface area contributed by atoms with Gasteiger partial charge in [0.25, 0.3) is 0 Å². The highest BCUT2D eigenvalue weighted by Crippen LogP contribution is 2.47. The number of hydrogen-bond acceptors (Lipinski definition) is 1. The van der Waals surface area contributed by atoms with Crippen molar-refractivity contribution in [1.29, 1.82) is 0 Å². The van der Waals surface area contributed by atoms with Crippen LogP contribution in [0, 0.1) is 0 Å². The molecule has 0 amide bonds. The SMILES string of the molecule is CN1C2CCC1c1c(n(-c3ccc(Cl)cc3)c3ccc(Cl)cc13)C2. The lowest BCUT2D eigenvalue weighted by Gasteiger charge is -2.32. The van der Waals surface area contributed by atoms with Gasteiger partial charge in [-0.15, -0.1) is 0 Å². The fourth-order valence-corrected chi connectivity index (χ4v) is 4.93. The Hall–Kier alpha value is -1.48. The quantitative estimate of drug-likeness (QED) is 0.548. The van der Waals surface area contributed by atoms with E-state index in [1.54, 1.807) is 0 Å². The number of likely N-dealkylation sites (N-methyl/N-ethyl adjacent to an activating group) is 1. The van der Waals surface area contributed by atoms with Gasteiger partial charge in [0.1, 0.15) is 0 Å². The highest BCUT2D eigenvalue weighted by molar-refractivity contribution is 6.31. The molecular formula is C20H18Cl2N2. The molecule has 3 aromatic rings. The number of aromatic nitrogens is 1. The van der Waals surface area contributed by atoms with Crippen molar-refractivity contribution in [2.45, 2.75) is 31.3 Å². The zero-order valence-corrected chi connectivity index (χ0v) is 15.0. The molecule has 5 rings (SSSR count). The number of rotatable bonds is 1. The van der Waals surface area contributed by atoms with Crippen molar-refractivity contribution in [3.63, 3.8) is 0 Å². The topological polar surface area (TPSA) is 8.17 Å². The van der Waals surface area contributed by atoms with Gasteiger partial charge in [0.15, 0.2) is 0 Å². The maximum Gasteiger partial charge on any atom is 0.0536 e. The molecule has 4 heteroatoms. The number of benzene rings is 2. The van der Waals surface area contributed by atoms with Crippen LogP contribution in [0.5, 0.6) is 0 Å². The van der Waals surface area contributed by atoms with Gasteiger partial charge in [0.2, 0.25) is 0 Å². The smallest absolute Gasteiger partial charge is 0.0536 e. The second-order valence-corrected chi connectivity index (χ2v) is 7.82. The van der Waals surface area contributed by atoms with Crippen molar-refractivity contribution in [2.24, 2.45) is 0 Å². The van der Waals surface area contributed by atoms with Gasteiger partial charge in [0, 0.05) is 45.3 Å². The third-order valence-electron chi connectivity index (χ3n) is 5.76. The lowest BCUT2D eigenvalue weighted by Crippen LogP contribution is -2.34. The summed E-state index contributed by atoms with van der Waals surface area (Å²) in [4.78, 5) is 2.55. The van der Waals surface area contributed by atoms with Crippen LogP contribution in [0.25, 0.3) is 16.6 Å². The summed E-state index contributed by atoms with van der Waals surface area (Å²) in [5.74, 6) is 0. The first-order valence-corrected chi connectivity index (χ1v) is 9.19. The second kappa shape index (κ2) is 5.26. The molecule has 1 aromatic heterocycles. The molecule has 0 aliphatic carbocycles. The first kappa shape index (κ1) is 14.8. The van der Waals surface area contributed by atoms with E-state index in [0.29, 0.717) is 12.1 Å². The highest BCUT2D eigenvalue weighted by Gasteiger charge is 2.40. The first-order valence-electron chi connectivity index (χ1n) is 8.44. The largest absolute Gasteiger partial charge is 0.313 e. The monoisotopic (exact) mass is 356 g/mol. The molecule has 1 saturated heterocycles. The number of hydrogen-bond donors (Lipinski definition) is 0. The molecule has 0 radical (unpaired) electrons. The molecule has 2 unspecified atom stereocenters. The average Bonchev–Trinajstić information content (AvgIpc) is 2.99. The van der Waals surface area contributed by atoms with E-state index in [4.69, 9.17) is 23.2 Å². The average molecular weight is 357 g/mol. The Labute approximate surface area is 151 Å². The molecule has 0 saturated carbocycles. The number of nitrogens with zero attached hydrogens (tertiary/aromatic N) is 2. The van der Waals surface area contributed by atoms with Gasteiger partial charge in [-0.3, -0.25) is 4.90 Å². The van der Waals surface area contributed by atoms with E-state index in [9.17, 15) is 0 Å². The normalized spacial score (nSPS) is 23.0. The molecular weight excluding hydrogens is 339 g/mol. The van der Waals surface area contributed by atoms with E-state index in [2.05, 4.69) is 40.8 Å². The van der Waals surface area contributed by atoms with Crippen LogP contribution in [-0.4, -0.2) is 22.6 Å². The van der Waals surface area contributed by atoms with Crippen molar-refractivity contribution in [1.82, 2.24) is 9.47 Å². The third-order valence-corrected chi connectivity index (χ3v) is 6.25. The van der Waals surface area contributed by atoms with Crippen LogP contribution in [0.4, 0.5) is 0 Å². The lowest BCUT2D eigenvalue weighted by molar-refractivity contribution is 0.223. The van der Waals surface area contributed by atoms with Crippen molar-refractivity contribution < 1.29 is 0 Å². The van der Waals surface area contributed by atoms with Crippen LogP contribution in [0.1, 0.15) is 30.1 Å². The minimum Gasteiger partial charge on any atom is -0.313 e. The molecule has 122 valence electrons. The molecule has 2 aromatic carbocycles. The standard InChI is InChI=1S/C20H18Cl2N2/c1-23-15-7-9-18(23)20-16-10-13(22)4-8-17(16)24(19(20)11-15)14-5-2-12(21)3-6-14/h2-6,8,10,15,18H,7,9,11H2,1H3. The van der Waals surface area contributed by atoms with Gasteiger partial charge in [0.05, 0.1) is 5.52 Å². The summed E-state index contributed by atoms with van der Waals surface area (Å²) in [7, 11) is 2.27. The minimum atomic E-state index is 0.508. The summed E-state index contributed by atoms with van der Waals surface area (Å²) in [6, 6.07) is 15.6. The summed E-state index contributed by atoms with van der Waals surface area (Å²) >= 11 is 12.4. The maximum atomic E-state index is 6.33. The first-order chi connectivity index (χ1) is 11.6. The fraction of sp³-hybridized carbons (Fsp3) is 0.300. The van der Waals surface area contributed by atoms with Crippen molar-refractivity contribution >= 4 is 34.1 Å². The highest BCUT2D eigenvalue weighted by atomic mass is 35.5. The van der Waals surface area contributed by atoms with Crippen molar-refractivity contribution in [3.8, 4) is 5.69 Å². The predicted molar refractivity (Wildman–Crippen MR) is 101 cm³/mol. The number of fused-ring (bicyclic) bond motifs is 6. The van der Waals surface area contributed by atoms with E-state index in [-0.39, 0.29) is 0 Å². The Balaban J connectivity index is 1.85. The molecule has 0 spiro atoms. The summed E-state index contributed by atoms with van der Waals surface area (Å²) in [6.07, 6.45) is 3.61. The van der Waals surface area contributed by atoms with Crippen molar-refractivity contribution in [2.75, 3.05) is 7.05 Å². The van der Waals surface area contributed by atoms with E-state index < -0.39 is 0 Å². The van der Waals surface area contributed by atoms with Crippen LogP contribution in [0.15, 0.2) is 42.5 Å². The van der Waals surface area contributed by atoms with E-state index in [1.807, 2.05) is 18.2 Å². The molecule has 24 heavy (non-hydrogen) atoms. The molecule has 1 fully saturated rings. The Bertz CT molecular complexity index is 942. The molecule has 0 N–H and O–H groups in total. The Morgan fingerprint density at radius 3 is 2.50 bits per heavy atom. The zero-order valence-electron chi connectivity index (χ0n) is 13.5. The summed E-state index contributed by atoms with van der Waals surface area (Å²) < 4.78 is 2.41. The van der Waals surface area contributed by atoms with Gasteiger partial charge < -0.3 is 4.57 Å². The number of halogens is 2. The third kappa shape index (κ3) is 2.00. The maximum absolute atomic E-state index is 6.33. The van der Waals surface area contributed by atoms with Gasteiger partial charge in [-0.25, -0.2) is 0 Å². The van der Waals surface area contributed by atoms with Crippen LogP contribution in [0.3, 0.4) is 0 Å². The molecule has 2 aliphatic rings. The second-order valence-electron chi connectivity index (χ2n) is 6.95. The van der Waals surface area contributed by atoms with E-state index in [0.717, 1.165) is 16.5 Å². The lowest BCUT2D eigenvalue weighted by atomic mass is 9.97. The van der Waals surface area contributed by atoms with Gasteiger partial charge >= 0.3 is 0 Å². The molecule has 3 heterocycles. The van der Waals surface area contributed by atoms with Gasteiger partial charge in [-0.1, -0.05) is 23.2 Å². The Morgan fingerprint density at radius 1 is 0.958 bits per heavy atom. The van der Waals surface area contributed by atoms with E-state index >= 15 is 0 Å². The molecule has 2 atom stereocenters. The Kier molecular flexibility index (Phi) is 3.25. The summed E-state index contributed by atoms with van der Waals surface area (Å²) in [6.45, 7) is 0. The molecule has 2 aliphatic heterocycles. The predicted octanol–water partition coefficient (Wildman–Crippen LogP) is 5.63. The Morgan fingerprint density at radius 2 is 1.71 bits per heavy atom. The minimum absolute atomic E-state index is 0.508. The van der Waals surface area contributed by atoms with Crippen LogP contribution >= 0.6 is 23.2 Å². The van der Waals surface area contributed by atoms with Crippen molar-refractivity contribution in [3.05, 3.63) is 63.8 Å². The van der Waals surface area contributed by atoms with E-state index in [1.165, 1.54) is 40.7 Å². The van der Waals surface area contributed by atoms with Crippen LogP contribution in [-0.2, 0) is 6.42 Å². The zero-order chi connectivity index (χ0) is 16.4.